The van der Waals surface area contributed by atoms with Crippen LogP contribution in [0.25, 0.3) is 22.1 Å². The Morgan fingerprint density at radius 3 is 1.22 bits per heavy atom. The van der Waals surface area contributed by atoms with Crippen molar-refractivity contribution in [2.75, 3.05) is 10.6 Å². The molecule has 180 valence electrons. The van der Waals surface area contributed by atoms with Crippen LogP contribution in [0.3, 0.4) is 0 Å². The highest BCUT2D eigenvalue weighted by Crippen LogP contribution is 2.17. The van der Waals surface area contributed by atoms with Crippen LogP contribution in [-0.2, 0) is 0 Å². The van der Waals surface area contributed by atoms with Gasteiger partial charge >= 0.3 is 0 Å². The summed E-state index contributed by atoms with van der Waals surface area (Å²) in [4.78, 5) is 32.5. The molecule has 6 rings (SSSR count). The zero-order chi connectivity index (χ0) is 25.1. The van der Waals surface area contributed by atoms with E-state index in [-0.39, 0.29) is 0 Å². The standard InChI is InChI=1S/2C13H13N5/c2*1-8-7-9(2)15-12(14-8)18-13-16-10-5-3-4-6-11(10)17-13/h2*3-7H,1-2H3,(H2,14,15,16,17,18). The molecule has 4 heterocycles. The molecule has 0 amide bonds. The quantitative estimate of drug-likeness (QED) is 0.264. The molecule has 0 saturated carbocycles. The van der Waals surface area contributed by atoms with Crippen molar-refractivity contribution in [3.63, 3.8) is 0 Å². The molecule has 6 aromatic rings. The van der Waals surface area contributed by atoms with E-state index in [1.807, 2.05) is 88.4 Å². The summed E-state index contributed by atoms with van der Waals surface area (Å²) in [5.41, 5.74) is 7.55. The fraction of sp³-hybridized carbons (Fsp3) is 0.154. The summed E-state index contributed by atoms with van der Waals surface area (Å²) < 4.78 is 0. The third kappa shape index (κ3) is 5.44. The molecule has 0 saturated heterocycles. The largest absolute Gasteiger partial charge is 0.324 e. The zero-order valence-corrected chi connectivity index (χ0v) is 20.5. The Morgan fingerprint density at radius 1 is 0.500 bits per heavy atom. The fourth-order valence-electron chi connectivity index (χ4n) is 3.80. The topological polar surface area (TPSA) is 133 Å². The molecule has 0 fully saturated rings. The first-order valence-corrected chi connectivity index (χ1v) is 11.5. The van der Waals surface area contributed by atoms with Gasteiger partial charge in [0.05, 0.1) is 22.1 Å². The molecule has 10 heteroatoms. The van der Waals surface area contributed by atoms with Crippen molar-refractivity contribution in [3.8, 4) is 0 Å². The Bertz CT molecular complexity index is 1420. The van der Waals surface area contributed by atoms with Gasteiger partial charge in [0.25, 0.3) is 0 Å². The van der Waals surface area contributed by atoms with Crippen molar-refractivity contribution in [3.05, 3.63) is 83.4 Å². The summed E-state index contributed by atoms with van der Waals surface area (Å²) >= 11 is 0. The van der Waals surface area contributed by atoms with Crippen LogP contribution < -0.4 is 10.6 Å². The van der Waals surface area contributed by atoms with Crippen molar-refractivity contribution in [2.24, 2.45) is 0 Å². The van der Waals surface area contributed by atoms with Crippen LogP contribution in [0, 0.1) is 27.7 Å². The molecule has 4 aromatic heterocycles. The maximum Gasteiger partial charge on any atom is 0.229 e. The van der Waals surface area contributed by atoms with Crippen molar-refractivity contribution >= 4 is 45.9 Å². The summed E-state index contributed by atoms with van der Waals surface area (Å²) in [7, 11) is 0. The van der Waals surface area contributed by atoms with Gasteiger partial charge in [0.15, 0.2) is 0 Å². The average Bonchev–Trinajstić information content (AvgIpc) is 3.40. The summed E-state index contributed by atoms with van der Waals surface area (Å²) in [6, 6.07) is 19.6. The highest BCUT2D eigenvalue weighted by Gasteiger charge is 2.06. The maximum absolute atomic E-state index is 4.42. The molecule has 0 aliphatic rings. The SMILES string of the molecule is Cc1cc(C)nc(Nc2nc3ccccc3[nH]2)n1.Cc1cc(C)nc(Nc2nc3ccccc3[nH]2)n1. The van der Waals surface area contributed by atoms with Gasteiger partial charge < -0.3 is 9.97 Å². The number of hydrogen-bond acceptors (Lipinski definition) is 8. The number of aryl methyl sites for hydroxylation is 4. The average molecular weight is 479 g/mol. The number of nitrogens with one attached hydrogen (secondary N) is 4. The monoisotopic (exact) mass is 478 g/mol. The first-order valence-electron chi connectivity index (χ1n) is 11.5. The minimum Gasteiger partial charge on any atom is -0.324 e. The Balaban J connectivity index is 0.000000148. The summed E-state index contributed by atoms with van der Waals surface area (Å²) in [5.74, 6) is 2.43. The molecular weight excluding hydrogens is 452 g/mol. The van der Waals surface area contributed by atoms with Crippen LogP contribution in [0.2, 0.25) is 0 Å². The number of nitrogens with zero attached hydrogens (tertiary/aromatic N) is 6. The number of aromatic nitrogens is 8. The van der Waals surface area contributed by atoms with Gasteiger partial charge in [0, 0.05) is 22.8 Å². The summed E-state index contributed by atoms with van der Waals surface area (Å²) in [6.45, 7) is 7.77. The van der Waals surface area contributed by atoms with Gasteiger partial charge in [-0.2, -0.15) is 0 Å². The molecule has 2 aromatic carbocycles. The second kappa shape index (κ2) is 9.79. The molecule has 0 aliphatic carbocycles. The Labute approximate surface area is 207 Å². The van der Waals surface area contributed by atoms with Gasteiger partial charge in [-0.25, -0.2) is 29.9 Å². The molecular formula is C26H26N10. The molecule has 0 spiro atoms. The number of benzene rings is 2. The van der Waals surface area contributed by atoms with Crippen LogP contribution in [0.4, 0.5) is 23.8 Å². The van der Waals surface area contributed by atoms with E-state index in [0.717, 1.165) is 44.8 Å². The number of fused-ring (bicyclic) bond motifs is 2. The number of aromatic amines is 2. The predicted octanol–water partition coefficient (Wildman–Crippen LogP) is 5.43. The lowest BCUT2D eigenvalue weighted by molar-refractivity contribution is 1.05. The van der Waals surface area contributed by atoms with Crippen LogP contribution in [0.5, 0.6) is 0 Å². The number of para-hydroxylation sites is 4. The van der Waals surface area contributed by atoms with E-state index < -0.39 is 0 Å². The second-order valence-electron chi connectivity index (χ2n) is 8.40. The molecule has 4 N–H and O–H groups in total. The van der Waals surface area contributed by atoms with Crippen molar-refractivity contribution in [1.29, 1.82) is 0 Å². The van der Waals surface area contributed by atoms with E-state index in [1.165, 1.54) is 0 Å². The number of anilines is 4. The first kappa shape index (κ1) is 22.9. The van der Waals surface area contributed by atoms with Gasteiger partial charge in [-0.05, 0) is 64.1 Å². The molecule has 0 atom stereocenters. The Hall–Kier alpha value is -4.86. The highest BCUT2D eigenvalue weighted by molar-refractivity contribution is 5.78. The van der Waals surface area contributed by atoms with Crippen LogP contribution in [-0.4, -0.2) is 39.9 Å². The van der Waals surface area contributed by atoms with E-state index in [2.05, 4.69) is 50.5 Å². The lowest BCUT2D eigenvalue weighted by Crippen LogP contribution is -2.00. The van der Waals surface area contributed by atoms with Crippen LogP contribution in [0.1, 0.15) is 22.8 Å². The maximum atomic E-state index is 4.42. The minimum absolute atomic E-state index is 0.562. The first-order chi connectivity index (χ1) is 17.4. The molecule has 36 heavy (non-hydrogen) atoms. The molecule has 0 aliphatic heterocycles. The summed E-state index contributed by atoms with van der Waals surface area (Å²) in [6.07, 6.45) is 0. The van der Waals surface area contributed by atoms with E-state index in [1.54, 1.807) is 0 Å². The van der Waals surface area contributed by atoms with Gasteiger partial charge in [-0.15, -0.1) is 0 Å². The third-order valence-electron chi connectivity index (χ3n) is 5.20. The molecule has 10 nitrogen and oxygen atoms in total. The van der Waals surface area contributed by atoms with E-state index in [9.17, 15) is 0 Å². The minimum atomic E-state index is 0.562. The van der Waals surface area contributed by atoms with Crippen LogP contribution >= 0.6 is 0 Å². The van der Waals surface area contributed by atoms with Gasteiger partial charge in [0.2, 0.25) is 23.8 Å². The van der Waals surface area contributed by atoms with Crippen molar-refractivity contribution in [2.45, 2.75) is 27.7 Å². The normalized spacial score (nSPS) is 10.8. The summed E-state index contributed by atoms with van der Waals surface area (Å²) in [5, 5.41) is 6.17. The van der Waals surface area contributed by atoms with Gasteiger partial charge in [-0.1, -0.05) is 24.3 Å². The molecule has 0 radical (unpaired) electrons. The Kier molecular flexibility index (Phi) is 6.23. The molecule has 0 bridgehead atoms. The van der Waals surface area contributed by atoms with Crippen LogP contribution in [0.15, 0.2) is 60.7 Å². The Morgan fingerprint density at radius 2 is 0.861 bits per heavy atom. The predicted molar refractivity (Wildman–Crippen MR) is 142 cm³/mol. The number of H-pyrrole nitrogens is 2. The lowest BCUT2D eigenvalue weighted by atomic mass is 10.3. The van der Waals surface area contributed by atoms with Crippen molar-refractivity contribution in [1.82, 2.24) is 39.9 Å². The van der Waals surface area contributed by atoms with Crippen molar-refractivity contribution < 1.29 is 0 Å². The number of rotatable bonds is 4. The lowest BCUT2D eigenvalue weighted by Gasteiger charge is -2.03. The fourth-order valence-corrected chi connectivity index (χ4v) is 3.80. The van der Waals surface area contributed by atoms with Gasteiger partial charge in [-0.3, -0.25) is 10.6 Å². The number of hydrogen-bond donors (Lipinski definition) is 4. The van der Waals surface area contributed by atoms with Gasteiger partial charge in [0.1, 0.15) is 0 Å². The highest BCUT2D eigenvalue weighted by atomic mass is 15.2. The van der Waals surface area contributed by atoms with E-state index in [0.29, 0.717) is 23.8 Å². The van der Waals surface area contributed by atoms with E-state index in [4.69, 9.17) is 0 Å². The zero-order valence-electron chi connectivity index (χ0n) is 20.5. The molecule has 0 unspecified atom stereocenters. The number of imidazole rings is 2. The smallest absolute Gasteiger partial charge is 0.229 e. The third-order valence-corrected chi connectivity index (χ3v) is 5.20. The second-order valence-corrected chi connectivity index (χ2v) is 8.40. The van der Waals surface area contributed by atoms with E-state index >= 15 is 0 Å².